The summed E-state index contributed by atoms with van der Waals surface area (Å²) in [5.41, 5.74) is 0.433. The van der Waals surface area contributed by atoms with E-state index in [0.717, 1.165) is 12.5 Å². The van der Waals surface area contributed by atoms with Gasteiger partial charge in [0.1, 0.15) is 0 Å². The minimum Gasteiger partial charge on any atom is -0.468 e. The Morgan fingerprint density at radius 2 is 2.00 bits per heavy atom. The van der Waals surface area contributed by atoms with Gasteiger partial charge in [0.15, 0.2) is 0 Å². The molecule has 1 N–H and O–H groups in total. The van der Waals surface area contributed by atoms with Gasteiger partial charge in [0.2, 0.25) is 0 Å². The van der Waals surface area contributed by atoms with E-state index in [-0.39, 0.29) is 5.97 Å². The highest BCUT2D eigenvalue weighted by Gasteiger charge is 2.33. The largest absolute Gasteiger partial charge is 0.468 e. The van der Waals surface area contributed by atoms with Gasteiger partial charge in [-0.15, -0.1) is 0 Å². The molecule has 1 aliphatic carbocycles. The van der Waals surface area contributed by atoms with E-state index >= 15 is 0 Å². The molecule has 94 valence electrons. The minimum atomic E-state index is -0.169. The predicted molar refractivity (Wildman–Crippen MR) is 65.2 cm³/mol. The Hall–Kier alpha value is -0.570. The molecule has 0 aromatic carbocycles. The molecule has 1 rings (SSSR count). The van der Waals surface area contributed by atoms with Gasteiger partial charge in [-0.2, -0.15) is 0 Å². The summed E-state index contributed by atoms with van der Waals surface area (Å²) in [7, 11) is 1.43. The Morgan fingerprint density at radius 3 is 2.50 bits per heavy atom. The predicted octanol–water partition coefficient (Wildman–Crippen LogP) is 2.36. The molecule has 0 amide bonds. The summed E-state index contributed by atoms with van der Waals surface area (Å²) in [6, 6.07) is 0. The van der Waals surface area contributed by atoms with Crippen LogP contribution in [0.2, 0.25) is 0 Å². The molecular weight excluding hydrogens is 202 g/mol. The fourth-order valence-electron chi connectivity index (χ4n) is 2.95. The van der Waals surface area contributed by atoms with Crippen molar-refractivity contribution in [2.24, 2.45) is 11.3 Å². The molecule has 1 fully saturated rings. The molecule has 0 saturated heterocycles. The zero-order chi connectivity index (χ0) is 12.0. The first-order valence-electron chi connectivity index (χ1n) is 6.35. The van der Waals surface area contributed by atoms with Crippen LogP contribution in [0.4, 0.5) is 0 Å². The van der Waals surface area contributed by atoms with Crippen LogP contribution in [0.25, 0.3) is 0 Å². The van der Waals surface area contributed by atoms with E-state index in [1.54, 1.807) is 0 Å². The maximum absolute atomic E-state index is 11.0. The molecule has 1 saturated carbocycles. The van der Waals surface area contributed by atoms with Crippen LogP contribution in [-0.4, -0.2) is 26.2 Å². The summed E-state index contributed by atoms with van der Waals surface area (Å²) in [5, 5.41) is 3.25. The number of rotatable bonds is 6. The van der Waals surface area contributed by atoms with Crippen molar-refractivity contribution < 1.29 is 9.53 Å². The number of esters is 1. The lowest BCUT2D eigenvalue weighted by molar-refractivity contribution is -0.139. The summed E-state index contributed by atoms with van der Waals surface area (Å²) in [6.07, 6.45) is 6.55. The third-order valence-corrected chi connectivity index (χ3v) is 3.50. The average Bonchev–Trinajstić information content (AvgIpc) is 2.65. The zero-order valence-electron chi connectivity index (χ0n) is 10.8. The maximum atomic E-state index is 11.0. The van der Waals surface area contributed by atoms with E-state index in [0.29, 0.717) is 12.0 Å². The average molecular weight is 227 g/mol. The molecule has 3 nitrogen and oxygen atoms in total. The number of carbonyl (C=O) groups excluding carboxylic acids is 1. The van der Waals surface area contributed by atoms with Gasteiger partial charge in [0.25, 0.3) is 0 Å². The molecule has 16 heavy (non-hydrogen) atoms. The lowest BCUT2D eigenvalue weighted by Gasteiger charge is -2.31. The summed E-state index contributed by atoms with van der Waals surface area (Å²) in [4.78, 5) is 11.0. The number of hydrogen-bond donors (Lipinski definition) is 1. The third-order valence-electron chi connectivity index (χ3n) is 3.50. The van der Waals surface area contributed by atoms with Crippen LogP contribution in [0.1, 0.15) is 46.0 Å². The first-order chi connectivity index (χ1) is 7.58. The molecule has 1 aliphatic rings. The summed E-state index contributed by atoms with van der Waals surface area (Å²) in [5.74, 6) is 0.565. The van der Waals surface area contributed by atoms with Crippen LogP contribution in [0.3, 0.4) is 0 Å². The summed E-state index contributed by atoms with van der Waals surface area (Å²) < 4.78 is 4.63. The van der Waals surface area contributed by atoms with Crippen molar-refractivity contribution in [2.45, 2.75) is 46.0 Å². The molecule has 0 unspecified atom stereocenters. The monoisotopic (exact) mass is 227 g/mol. The van der Waals surface area contributed by atoms with E-state index in [1.165, 1.54) is 39.2 Å². The van der Waals surface area contributed by atoms with E-state index in [4.69, 9.17) is 0 Å². The normalized spacial score (nSPS) is 19.0. The SMILES string of the molecule is COC(=O)CNCC1(CC(C)C)CCCC1. The Morgan fingerprint density at radius 1 is 1.38 bits per heavy atom. The molecule has 0 bridgehead atoms. The molecule has 0 aliphatic heterocycles. The minimum absolute atomic E-state index is 0.169. The fraction of sp³-hybridized carbons (Fsp3) is 0.923. The molecule has 0 heterocycles. The van der Waals surface area contributed by atoms with Crippen molar-refractivity contribution in [3.8, 4) is 0 Å². The Balaban J connectivity index is 2.36. The van der Waals surface area contributed by atoms with Gasteiger partial charge in [-0.05, 0) is 30.6 Å². The van der Waals surface area contributed by atoms with Crippen molar-refractivity contribution in [3.05, 3.63) is 0 Å². The van der Waals surface area contributed by atoms with Crippen LogP contribution in [-0.2, 0) is 9.53 Å². The molecular formula is C13H25NO2. The van der Waals surface area contributed by atoms with E-state index in [1.807, 2.05) is 0 Å². The summed E-state index contributed by atoms with van der Waals surface area (Å²) >= 11 is 0. The first-order valence-corrected chi connectivity index (χ1v) is 6.35. The molecule has 0 aromatic heterocycles. The number of methoxy groups -OCH3 is 1. The highest BCUT2D eigenvalue weighted by Crippen LogP contribution is 2.42. The van der Waals surface area contributed by atoms with Gasteiger partial charge < -0.3 is 10.1 Å². The second-order valence-electron chi connectivity index (χ2n) is 5.48. The summed E-state index contributed by atoms with van der Waals surface area (Å²) in [6.45, 7) is 5.86. The quantitative estimate of drug-likeness (QED) is 0.708. The number of nitrogens with one attached hydrogen (secondary N) is 1. The molecule has 3 heteroatoms. The van der Waals surface area contributed by atoms with Crippen LogP contribution in [0.15, 0.2) is 0 Å². The molecule has 0 atom stereocenters. The second-order valence-corrected chi connectivity index (χ2v) is 5.48. The Kier molecular flexibility index (Phi) is 5.26. The standard InChI is InChI=1S/C13H25NO2/c1-11(2)8-13(6-4-5-7-13)10-14-9-12(15)16-3/h11,14H,4-10H2,1-3H3. The topological polar surface area (TPSA) is 38.3 Å². The zero-order valence-corrected chi connectivity index (χ0v) is 10.8. The van der Waals surface area contributed by atoms with E-state index in [9.17, 15) is 4.79 Å². The van der Waals surface area contributed by atoms with Crippen molar-refractivity contribution in [1.82, 2.24) is 5.32 Å². The molecule has 0 aromatic rings. The van der Waals surface area contributed by atoms with Crippen LogP contribution >= 0.6 is 0 Å². The van der Waals surface area contributed by atoms with E-state index in [2.05, 4.69) is 23.9 Å². The van der Waals surface area contributed by atoms with Gasteiger partial charge in [-0.1, -0.05) is 26.7 Å². The van der Waals surface area contributed by atoms with Crippen LogP contribution in [0.5, 0.6) is 0 Å². The van der Waals surface area contributed by atoms with Crippen LogP contribution < -0.4 is 5.32 Å². The number of carbonyl (C=O) groups is 1. The van der Waals surface area contributed by atoms with Gasteiger partial charge in [0.05, 0.1) is 13.7 Å². The van der Waals surface area contributed by atoms with Crippen LogP contribution in [0, 0.1) is 11.3 Å². The van der Waals surface area contributed by atoms with E-state index < -0.39 is 0 Å². The lowest BCUT2D eigenvalue weighted by Crippen LogP contribution is -2.36. The first kappa shape index (κ1) is 13.5. The molecule has 0 radical (unpaired) electrons. The van der Waals surface area contributed by atoms with Crippen molar-refractivity contribution in [3.63, 3.8) is 0 Å². The lowest BCUT2D eigenvalue weighted by atomic mass is 9.78. The third kappa shape index (κ3) is 4.12. The fourth-order valence-corrected chi connectivity index (χ4v) is 2.95. The highest BCUT2D eigenvalue weighted by atomic mass is 16.5. The van der Waals surface area contributed by atoms with Crippen molar-refractivity contribution >= 4 is 5.97 Å². The van der Waals surface area contributed by atoms with Gasteiger partial charge in [-0.3, -0.25) is 4.79 Å². The van der Waals surface area contributed by atoms with Gasteiger partial charge in [-0.25, -0.2) is 0 Å². The smallest absolute Gasteiger partial charge is 0.319 e. The maximum Gasteiger partial charge on any atom is 0.319 e. The Bertz CT molecular complexity index is 220. The van der Waals surface area contributed by atoms with Gasteiger partial charge in [0, 0.05) is 6.54 Å². The second kappa shape index (κ2) is 6.24. The van der Waals surface area contributed by atoms with Crippen molar-refractivity contribution in [1.29, 1.82) is 0 Å². The van der Waals surface area contributed by atoms with Gasteiger partial charge >= 0.3 is 5.97 Å². The van der Waals surface area contributed by atoms with Crippen molar-refractivity contribution in [2.75, 3.05) is 20.2 Å². The Labute approximate surface area is 98.9 Å². The number of ether oxygens (including phenoxy) is 1. The highest BCUT2D eigenvalue weighted by molar-refractivity contribution is 5.71. The molecule has 0 spiro atoms. The number of hydrogen-bond acceptors (Lipinski definition) is 3.